The first-order valence-electron chi connectivity index (χ1n) is 22.2. The number of hydrogen-bond acceptors (Lipinski definition) is 4. The summed E-state index contributed by atoms with van der Waals surface area (Å²) < 4.78 is 16.2. The van der Waals surface area contributed by atoms with E-state index in [0.717, 1.165) is 72.1 Å². The molecule has 0 saturated carbocycles. The van der Waals surface area contributed by atoms with E-state index < -0.39 is 0 Å². The fourth-order valence-corrected chi connectivity index (χ4v) is 12.8. The second kappa shape index (κ2) is 12.6. The van der Waals surface area contributed by atoms with Gasteiger partial charge in [-0.25, -0.2) is 0 Å². The zero-order valence-electron chi connectivity index (χ0n) is 35.9. The number of furan rings is 2. The molecular weight excluding hydrogens is 799 g/mol. The fraction of sp³-hybridized carbons (Fsp3) is 0.100. The van der Waals surface area contributed by atoms with Crippen LogP contribution in [0.2, 0.25) is 0 Å². The summed E-state index contributed by atoms with van der Waals surface area (Å²) in [5, 5.41) is 6.83. The molecule has 0 amide bonds. The molecule has 4 heteroatoms. The highest BCUT2D eigenvalue weighted by molar-refractivity contribution is 7.26. The van der Waals surface area contributed by atoms with Crippen molar-refractivity contribution in [2.45, 2.75) is 38.5 Å². The molecule has 0 atom stereocenters. The van der Waals surface area contributed by atoms with Crippen molar-refractivity contribution in [1.29, 1.82) is 0 Å². The van der Waals surface area contributed by atoms with Gasteiger partial charge in [0.15, 0.2) is 0 Å². The molecule has 0 spiro atoms. The average molecular weight is 840 g/mol. The Morgan fingerprint density at radius 3 is 1.62 bits per heavy atom. The molecule has 2 aliphatic rings. The molecule has 0 bridgehead atoms. The molecule has 304 valence electrons. The van der Waals surface area contributed by atoms with Crippen LogP contribution in [0.25, 0.3) is 97.4 Å². The number of nitrogens with zero attached hydrogens (tertiary/aromatic N) is 1. The Kier molecular flexibility index (Phi) is 7.12. The van der Waals surface area contributed by atoms with Gasteiger partial charge >= 0.3 is 0 Å². The van der Waals surface area contributed by atoms with E-state index in [1.54, 1.807) is 0 Å². The zero-order valence-corrected chi connectivity index (χ0v) is 36.7. The van der Waals surface area contributed by atoms with E-state index >= 15 is 0 Å². The summed E-state index contributed by atoms with van der Waals surface area (Å²) in [6, 6.07) is 64.9. The first kappa shape index (κ1) is 36.1. The lowest BCUT2D eigenvalue weighted by Gasteiger charge is -2.30. The zero-order chi connectivity index (χ0) is 42.6. The van der Waals surface area contributed by atoms with Crippen LogP contribution in [-0.4, -0.2) is 0 Å². The number of benzene rings is 9. The standard InChI is InChI=1S/C60H41NO2S/c1-59(2)47-20-9-5-14-37(47)39-26-24-34(32-49(39)59)61(35-25-27-40-38-15-6-10-21-48(38)60(3,4)50(40)33-35)36-30-45(43-19-13-18-42-41-16-8-12-23-54(41)64-58(42)43)57-46(31-36)56-53(63-57)29-28-52-55(56)44-17-7-11-22-51(44)62-52/h5-33H,1-4H3. The number of rotatable bonds is 4. The highest BCUT2D eigenvalue weighted by Gasteiger charge is 2.38. The van der Waals surface area contributed by atoms with Gasteiger partial charge in [-0.1, -0.05) is 143 Å². The van der Waals surface area contributed by atoms with Crippen LogP contribution in [0.4, 0.5) is 17.1 Å². The number of thiophene rings is 1. The van der Waals surface area contributed by atoms with Crippen LogP contribution < -0.4 is 4.90 Å². The molecule has 0 radical (unpaired) electrons. The van der Waals surface area contributed by atoms with Crippen LogP contribution in [0, 0.1) is 0 Å². The fourth-order valence-electron chi connectivity index (χ4n) is 11.6. The van der Waals surface area contributed by atoms with Crippen molar-refractivity contribution in [2.75, 3.05) is 4.90 Å². The van der Waals surface area contributed by atoms with Crippen molar-refractivity contribution in [1.82, 2.24) is 0 Å². The van der Waals surface area contributed by atoms with Crippen molar-refractivity contribution in [2.24, 2.45) is 0 Å². The summed E-state index contributed by atoms with van der Waals surface area (Å²) >= 11 is 1.86. The smallest absolute Gasteiger partial charge is 0.143 e. The average Bonchev–Trinajstić information content (AvgIpc) is 4.10. The van der Waals surface area contributed by atoms with Gasteiger partial charge in [0.1, 0.15) is 22.3 Å². The van der Waals surface area contributed by atoms with E-state index in [-0.39, 0.29) is 10.8 Å². The highest BCUT2D eigenvalue weighted by Crippen LogP contribution is 2.55. The molecule has 9 aromatic carbocycles. The summed E-state index contributed by atoms with van der Waals surface area (Å²) in [7, 11) is 0. The first-order valence-corrected chi connectivity index (χ1v) is 23.1. The molecule has 0 N–H and O–H groups in total. The Hall–Kier alpha value is -7.40. The Morgan fingerprint density at radius 1 is 0.375 bits per heavy atom. The molecule has 3 aromatic heterocycles. The quantitative estimate of drug-likeness (QED) is 0.177. The van der Waals surface area contributed by atoms with E-state index in [1.807, 2.05) is 17.4 Å². The second-order valence-electron chi connectivity index (χ2n) is 18.8. The minimum absolute atomic E-state index is 0.171. The first-order chi connectivity index (χ1) is 31.2. The van der Waals surface area contributed by atoms with Gasteiger partial charge in [0.05, 0.1) is 0 Å². The van der Waals surface area contributed by atoms with Gasteiger partial charge < -0.3 is 13.7 Å². The largest absolute Gasteiger partial charge is 0.456 e. The van der Waals surface area contributed by atoms with Crippen LogP contribution in [0.5, 0.6) is 0 Å². The van der Waals surface area contributed by atoms with E-state index in [9.17, 15) is 0 Å². The second-order valence-corrected chi connectivity index (χ2v) is 19.9. The normalized spacial score (nSPS) is 14.5. The summed E-state index contributed by atoms with van der Waals surface area (Å²) in [6.07, 6.45) is 0. The van der Waals surface area contributed by atoms with E-state index in [4.69, 9.17) is 8.83 Å². The van der Waals surface area contributed by atoms with Gasteiger partial charge in [-0.05, 0) is 105 Å². The lowest BCUT2D eigenvalue weighted by atomic mass is 9.82. The molecule has 14 rings (SSSR count). The summed E-state index contributed by atoms with van der Waals surface area (Å²) in [6.45, 7) is 9.48. The van der Waals surface area contributed by atoms with Gasteiger partial charge in [0.25, 0.3) is 0 Å². The molecule has 3 nitrogen and oxygen atoms in total. The number of fused-ring (bicyclic) bond motifs is 16. The molecule has 0 aliphatic heterocycles. The number of hydrogen-bond donors (Lipinski definition) is 0. The van der Waals surface area contributed by atoms with E-state index in [0.29, 0.717) is 0 Å². The summed E-state index contributed by atoms with van der Waals surface area (Å²) in [4.78, 5) is 2.50. The molecule has 0 fully saturated rings. The van der Waals surface area contributed by atoms with Crippen LogP contribution in [0.3, 0.4) is 0 Å². The highest BCUT2D eigenvalue weighted by atomic mass is 32.1. The monoisotopic (exact) mass is 839 g/mol. The maximum Gasteiger partial charge on any atom is 0.143 e. The maximum atomic E-state index is 7.13. The predicted octanol–water partition coefficient (Wildman–Crippen LogP) is 17.6. The number of anilines is 3. The van der Waals surface area contributed by atoms with Crippen molar-refractivity contribution >= 4 is 92.4 Å². The van der Waals surface area contributed by atoms with Crippen molar-refractivity contribution in [3.8, 4) is 33.4 Å². The third-order valence-corrected chi connectivity index (χ3v) is 15.9. The van der Waals surface area contributed by atoms with Crippen LogP contribution in [-0.2, 0) is 10.8 Å². The Bertz CT molecular complexity index is 3880. The summed E-state index contributed by atoms with van der Waals surface area (Å²) in [5.41, 5.74) is 19.3. The van der Waals surface area contributed by atoms with Gasteiger partial charge in [0.2, 0.25) is 0 Å². The Morgan fingerprint density at radius 2 is 0.922 bits per heavy atom. The minimum atomic E-state index is -0.171. The van der Waals surface area contributed by atoms with E-state index in [1.165, 1.54) is 64.7 Å². The van der Waals surface area contributed by atoms with Gasteiger partial charge in [-0.3, -0.25) is 0 Å². The summed E-state index contributed by atoms with van der Waals surface area (Å²) in [5.74, 6) is 0. The molecule has 2 aliphatic carbocycles. The predicted molar refractivity (Wildman–Crippen MR) is 269 cm³/mol. The van der Waals surface area contributed by atoms with E-state index in [2.05, 4.69) is 202 Å². The van der Waals surface area contributed by atoms with Crippen LogP contribution in [0.1, 0.15) is 49.9 Å². The van der Waals surface area contributed by atoms with Gasteiger partial charge in [-0.2, -0.15) is 0 Å². The third-order valence-electron chi connectivity index (χ3n) is 14.7. The van der Waals surface area contributed by atoms with Crippen molar-refractivity contribution in [3.63, 3.8) is 0 Å². The minimum Gasteiger partial charge on any atom is -0.456 e. The van der Waals surface area contributed by atoms with Crippen LogP contribution in [0.15, 0.2) is 185 Å². The van der Waals surface area contributed by atoms with Crippen molar-refractivity contribution < 1.29 is 8.83 Å². The molecule has 3 heterocycles. The molecule has 64 heavy (non-hydrogen) atoms. The molecule has 0 saturated heterocycles. The Balaban J connectivity index is 1.10. The molecule has 12 aromatic rings. The molecular formula is C60H41NO2S. The Labute approximate surface area is 374 Å². The SMILES string of the molecule is CC1(C)c2ccccc2-c2ccc(N(c3ccc4c(c3)C(C)(C)c3ccccc3-4)c3cc(-c4cccc5c4sc4ccccc45)c4oc5ccc6oc7ccccc7c6c5c4c3)cc21. The van der Waals surface area contributed by atoms with Gasteiger partial charge in [0, 0.05) is 80.7 Å². The topological polar surface area (TPSA) is 29.5 Å². The lowest BCUT2D eigenvalue weighted by Crippen LogP contribution is -2.18. The lowest BCUT2D eigenvalue weighted by molar-refractivity contribution is 0.660. The molecule has 0 unspecified atom stereocenters. The van der Waals surface area contributed by atoms with Crippen LogP contribution >= 0.6 is 11.3 Å². The number of para-hydroxylation sites is 1. The third kappa shape index (κ3) is 4.76. The maximum absolute atomic E-state index is 7.13. The van der Waals surface area contributed by atoms with Gasteiger partial charge in [-0.15, -0.1) is 11.3 Å². The van der Waals surface area contributed by atoms with Crippen molar-refractivity contribution in [3.05, 3.63) is 198 Å².